The third-order valence-electron chi connectivity index (χ3n) is 0.759. The summed E-state index contributed by atoms with van der Waals surface area (Å²) in [7, 11) is -8.55. The lowest BCUT2D eigenvalue weighted by Crippen LogP contribution is -2.39. The van der Waals surface area contributed by atoms with E-state index in [-0.39, 0.29) is 0 Å². The molecule has 0 radical (unpaired) electrons. The fraction of sp³-hybridized carbons (Fsp3) is 0.667. The Morgan fingerprint density at radius 3 is 1.33 bits per heavy atom. The van der Waals surface area contributed by atoms with Gasteiger partial charge in [-0.2, -0.15) is 0 Å². The van der Waals surface area contributed by atoms with Gasteiger partial charge in [-0.1, -0.05) is 3.71 Å². The summed E-state index contributed by atoms with van der Waals surface area (Å²) >= 11 is 0. The quantitative estimate of drug-likeness (QED) is 0.627. The molecule has 0 saturated heterocycles. The molecule has 0 aromatic carbocycles. The molecule has 0 atom stereocenters. The largest absolute Gasteiger partial charge is 0.463 e. The van der Waals surface area contributed by atoms with Crippen LogP contribution in [0.2, 0.25) is 0 Å². The topological polar surface area (TPSA) is 109 Å². The lowest BCUT2D eigenvalue weighted by Gasteiger charge is -2.12. The van der Waals surface area contributed by atoms with Crippen molar-refractivity contribution in [2.24, 2.45) is 0 Å². The third-order valence-corrected chi connectivity index (χ3v) is 3.90. The molecule has 9 heteroatoms. The summed E-state index contributed by atoms with van der Waals surface area (Å²) in [5.74, 6) is 0. The van der Waals surface area contributed by atoms with Gasteiger partial charge < -0.3 is 5.11 Å². The number of amides is 1. The molecule has 72 valence electrons. The summed E-state index contributed by atoms with van der Waals surface area (Å²) in [5.41, 5.74) is 0. The molecule has 0 fully saturated rings. The SMILES string of the molecule is CS(=O)(=O)N(C(=O)O)S(C)(=O)=O. The Kier molecular flexibility index (Phi) is 2.70. The van der Waals surface area contributed by atoms with Gasteiger partial charge in [0.25, 0.3) is 0 Å². The maximum atomic E-state index is 10.6. The first-order valence-electron chi connectivity index (χ1n) is 2.50. The number of hydrogen-bond acceptors (Lipinski definition) is 5. The summed E-state index contributed by atoms with van der Waals surface area (Å²) in [6.07, 6.45) is -1.07. The lowest BCUT2D eigenvalue weighted by atomic mass is 11.3. The van der Waals surface area contributed by atoms with Gasteiger partial charge in [0, 0.05) is 0 Å². The maximum absolute atomic E-state index is 10.6. The predicted octanol–water partition coefficient (Wildman–Crippen LogP) is -1.11. The molecule has 0 aliphatic rings. The Morgan fingerprint density at radius 1 is 1.08 bits per heavy atom. The van der Waals surface area contributed by atoms with Gasteiger partial charge in [0.15, 0.2) is 0 Å². The van der Waals surface area contributed by atoms with E-state index in [9.17, 15) is 21.6 Å². The van der Waals surface area contributed by atoms with Crippen LogP contribution in [0.1, 0.15) is 0 Å². The van der Waals surface area contributed by atoms with E-state index in [1.165, 1.54) is 0 Å². The van der Waals surface area contributed by atoms with E-state index in [1.807, 2.05) is 0 Å². The summed E-state index contributed by atoms with van der Waals surface area (Å²) in [4.78, 5) is 10.2. The van der Waals surface area contributed by atoms with Crippen LogP contribution in [0.25, 0.3) is 0 Å². The molecule has 1 amide bonds. The Balaban J connectivity index is 5.42. The highest BCUT2D eigenvalue weighted by Gasteiger charge is 2.31. The molecule has 7 nitrogen and oxygen atoms in total. The second-order valence-corrected chi connectivity index (χ2v) is 5.90. The van der Waals surface area contributed by atoms with Gasteiger partial charge in [-0.05, 0) is 0 Å². The highest BCUT2D eigenvalue weighted by molar-refractivity contribution is 8.04. The van der Waals surface area contributed by atoms with Crippen LogP contribution in [0.5, 0.6) is 0 Å². The zero-order chi connectivity index (χ0) is 10.2. The number of sulfonamides is 2. The van der Waals surface area contributed by atoms with Crippen molar-refractivity contribution in [2.45, 2.75) is 0 Å². The van der Waals surface area contributed by atoms with Gasteiger partial charge in [0.05, 0.1) is 12.5 Å². The Bertz CT molecular complexity index is 345. The number of carbonyl (C=O) groups is 1. The minimum Gasteiger partial charge on any atom is -0.463 e. The van der Waals surface area contributed by atoms with E-state index < -0.39 is 29.9 Å². The normalized spacial score (nSPS) is 12.5. The van der Waals surface area contributed by atoms with Crippen molar-refractivity contribution in [3.63, 3.8) is 0 Å². The van der Waals surface area contributed by atoms with E-state index in [2.05, 4.69) is 0 Å². The molecule has 0 aliphatic heterocycles. The first kappa shape index (κ1) is 11.2. The van der Waals surface area contributed by atoms with Gasteiger partial charge in [-0.3, -0.25) is 0 Å². The molecule has 0 spiro atoms. The van der Waals surface area contributed by atoms with Crippen LogP contribution in [-0.2, 0) is 20.0 Å². The van der Waals surface area contributed by atoms with Crippen molar-refractivity contribution in [1.82, 2.24) is 3.71 Å². The van der Waals surface area contributed by atoms with Crippen LogP contribution < -0.4 is 0 Å². The Morgan fingerprint density at radius 2 is 1.33 bits per heavy atom. The number of rotatable bonds is 2. The fourth-order valence-corrected chi connectivity index (χ4v) is 3.06. The summed E-state index contributed by atoms with van der Waals surface area (Å²) in [6.45, 7) is 0. The van der Waals surface area contributed by atoms with Crippen molar-refractivity contribution in [1.29, 1.82) is 0 Å². The van der Waals surface area contributed by atoms with E-state index in [0.29, 0.717) is 12.5 Å². The van der Waals surface area contributed by atoms with Crippen LogP contribution >= 0.6 is 0 Å². The average molecular weight is 217 g/mol. The molecule has 0 aromatic rings. The van der Waals surface area contributed by atoms with Crippen molar-refractivity contribution in [3.05, 3.63) is 0 Å². The summed E-state index contributed by atoms with van der Waals surface area (Å²) in [5, 5.41) is 8.21. The molecule has 0 rings (SSSR count). The Hall–Kier alpha value is -0.830. The smallest absolute Gasteiger partial charge is 0.435 e. The van der Waals surface area contributed by atoms with Crippen LogP contribution in [0.4, 0.5) is 4.79 Å². The Labute approximate surface area is 69.7 Å². The van der Waals surface area contributed by atoms with Gasteiger partial charge in [-0.15, -0.1) is 0 Å². The highest BCUT2D eigenvalue weighted by Crippen LogP contribution is 2.04. The number of nitrogens with zero attached hydrogens (tertiary/aromatic N) is 1. The van der Waals surface area contributed by atoms with Crippen LogP contribution in [0.3, 0.4) is 0 Å². The molecule has 12 heavy (non-hydrogen) atoms. The molecule has 0 aromatic heterocycles. The highest BCUT2D eigenvalue weighted by atomic mass is 32.3. The van der Waals surface area contributed by atoms with Gasteiger partial charge in [-0.25, -0.2) is 21.6 Å². The van der Waals surface area contributed by atoms with E-state index in [1.54, 1.807) is 0 Å². The van der Waals surface area contributed by atoms with Crippen LogP contribution in [0.15, 0.2) is 0 Å². The second-order valence-electron chi connectivity index (χ2n) is 2.01. The lowest BCUT2D eigenvalue weighted by molar-refractivity contribution is 0.187. The van der Waals surface area contributed by atoms with Gasteiger partial charge in [0.2, 0.25) is 20.0 Å². The molecular weight excluding hydrogens is 210 g/mol. The number of hydrogen-bond donors (Lipinski definition) is 1. The molecule has 0 saturated carbocycles. The monoisotopic (exact) mass is 217 g/mol. The first-order chi connectivity index (χ1) is 5.07. The minimum absolute atomic E-state index is 0.488. The zero-order valence-electron chi connectivity index (χ0n) is 6.25. The first-order valence-corrected chi connectivity index (χ1v) is 6.20. The van der Waals surface area contributed by atoms with Crippen LogP contribution in [-0.4, -0.2) is 44.3 Å². The zero-order valence-corrected chi connectivity index (χ0v) is 7.89. The predicted molar refractivity (Wildman–Crippen MR) is 39.6 cm³/mol. The van der Waals surface area contributed by atoms with Crippen molar-refractivity contribution < 1.29 is 26.7 Å². The minimum atomic E-state index is -4.28. The van der Waals surface area contributed by atoms with E-state index in [0.717, 1.165) is 0 Å². The van der Waals surface area contributed by atoms with Crippen molar-refractivity contribution >= 4 is 26.1 Å². The fourth-order valence-electron chi connectivity index (χ4n) is 0.530. The van der Waals surface area contributed by atoms with Crippen molar-refractivity contribution in [2.75, 3.05) is 12.5 Å². The maximum Gasteiger partial charge on any atom is 0.435 e. The molecule has 0 heterocycles. The average Bonchev–Trinajstić information content (AvgIpc) is 1.49. The van der Waals surface area contributed by atoms with Gasteiger partial charge >= 0.3 is 6.09 Å². The third kappa shape index (κ3) is 2.66. The van der Waals surface area contributed by atoms with Crippen molar-refractivity contribution in [3.8, 4) is 0 Å². The summed E-state index contributed by atoms with van der Waals surface area (Å²) in [6, 6.07) is 0. The second kappa shape index (κ2) is 2.90. The standard InChI is InChI=1S/C3H7NO6S2/c1-11(7,8)4(3(5)6)12(2,9)10/h1-2H3,(H,5,6). The van der Waals surface area contributed by atoms with Crippen LogP contribution in [0, 0.1) is 0 Å². The molecule has 0 unspecified atom stereocenters. The molecule has 0 bridgehead atoms. The molecular formula is C3H7NO6S2. The number of carboxylic acid groups (broad SMARTS) is 1. The molecule has 0 aliphatic carbocycles. The van der Waals surface area contributed by atoms with E-state index in [4.69, 9.17) is 5.11 Å². The molecule has 1 N–H and O–H groups in total. The summed E-state index contributed by atoms with van der Waals surface area (Å²) < 4.78 is 41.7. The van der Waals surface area contributed by atoms with Gasteiger partial charge in [0.1, 0.15) is 0 Å². The van der Waals surface area contributed by atoms with E-state index >= 15 is 0 Å².